The minimum Gasteiger partial charge on any atom is -0.478 e. The van der Waals surface area contributed by atoms with Crippen LogP contribution in [0.2, 0.25) is 5.02 Å². The van der Waals surface area contributed by atoms with E-state index in [-0.39, 0.29) is 21.8 Å². The first kappa shape index (κ1) is 27.9. The molecule has 3 aromatic carbocycles. The molecule has 4 aromatic rings. The Morgan fingerprint density at radius 2 is 1.70 bits per heavy atom. The largest absolute Gasteiger partial charge is 0.478 e. The molecule has 202 valence electrons. The second-order valence-corrected chi connectivity index (χ2v) is 9.17. The monoisotopic (exact) mass is 556 g/mol. The van der Waals surface area contributed by atoms with E-state index in [1.165, 1.54) is 24.4 Å². The fourth-order valence-electron chi connectivity index (χ4n) is 3.63. The second kappa shape index (κ2) is 12.6. The van der Waals surface area contributed by atoms with Crippen molar-refractivity contribution in [1.82, 2.24) is 10.7 Å². The van der Waals surface area contributed by atoms with Gasteiger partial charge in [0.15, 0.2) is 0 Å². The van der Waals surface area contributed by atoms with Crippen molar-refractivity contribution in [2.24, 2.45) is 5.10 Å². The number of carboxylic acid groups (broad SMARTS) is 1. The van der Waals surface area contributed by atoms with Crippen LogP contribution < -0.4 is 15.6 Å². The van der Waals surface area contributed by atoms with Gasteiger partial charge >= 0.3 is 5.97 Å². The number of nitrogens with one attached hydrogen (secondary N) is 2. The number of hydrazone groups is 1. The summed E-state index contributed by atoms with van der Waals surface area (Å²) in [4.78, 5) is 39.1. The summed E-state index contributed by atoms with van der Waals surface area (Å²) in [5.74, 6) is -1.52. The van der Waals surface area contributed by atoms with Crippen LogP contribution in [0.4, 0.5) is 5.69 Å². The van der Waals surface area contributed by atoms with Gasteiger partial charge in [0.1, 0.15) is 17.2 Å². The number of hydrogen-bond acceptors (Lipinski definition) is 6. The molecule has 0 aliphatic heterocycles. The third-order valence-electron chi connectivity index (χ3n) is 5.71. The topological polar surface area (TPSA) is 124 Å². The van der Waals surface area contributed by atoms with Gasteiger partial charge in [-0.15, -0.1) is 0 Å². The molecule has 0 aliphatic rings. The molecule has 0 fully saturated rings. The number of carbonyl (C=O) groups excluding carboxylic acids is 2. The third-order valence-corrected chi connectivity index (χ3v) is 6.04. The Balaban J connectivity index is 1.52. The molecule has 4 rings (SSSR count). The lowest BCUT2D eigenvalue weighted by Crippen LogP contribution is -2.33. The average molecular weight is 557 g/mol. The van der Waals surface area contributed by atoms with Gasteiger partial charge in [0.25, 0.3) is 11.8 Å². The van der Waals surface area contributed by atoms with E-state index in [9.17, 15) is 19.5 Å². The summed E-state index contributed by atoms with van der Waals surface area (Å²) >= 11 is 6.16. The molecule has 0 spiro atoms. The lowest BCUT2D eigenvalue weighted by molar-refractivity contribution is -0.117. The van der Waals surface area contributed by atoms with E-state index < -0.39 is 17.8 Å². The molecule has 9 nitrogen and oxygen atoms in total. The molecule has 0 atom stereocenters. The van der Waals surface area contributed by atoms with Gasteiger partial charge in [-0.3, -0.25) is 9.59 Å². The van der Waals surface area contributed by atoms with Gasteiger partial charge in [-0.05, 0) is 60.2 Å². The van der Waals surface area contributed by atoms with Gasteiger partial charge < -0.3 is 19.7 Å². The number of hydrogen-bond donors (Lipinski definition) is 3. The molecule has 10 heteroatoms. The Labute approximate surface area is 235 Å². The maximum atomic E-state index is 13.1. The number of carboxylic acids is 1. The van der Waals surface area contributed by atoms with Crippen molar-refractivity contribution < 1.29 is 23.9 Å². The first-order valence-electron chi connectivity index (χ1n) is 12.0. The molecule has 0 bridgehead atoms. The highest BCUT2D eigenvalue weighted by molar-refractivity contribution is 6.34. The van der Waals surface area contributed by atoms with Crippen LogP contribution in [0.3, 0.4) is 0 Å². The van der Waals surface area contributed by atoms with Crippen LogP contribution in [-0.4, -0.2) is 43.2 Å². The van der Waals surface area contributed by atoms with E-state index in [1.54, 1.807) is 48.5 Å². The first-order valence-corrected chi connectivity index (χ1v) is 12.4. The lowest BCUT2D eigenvalue weighted by atomic mass is 10.1. The van der Waals surface area contributed by atoms with Crippen LogP contribution in [0.25, 0.3) is 17.4 Å². The van der Waals surface area contributed by atoms with Crippen molar-refractivity contribution >= 4 is 47.4 Å². The van der Waals surface area contributed by atoms with E-state index in [2.05, 4.69) is 15.8 Å². The van der Waals surface area contributed by atoms with Crippen molar-refractivity contribution in [1.29, 1.82) is 0 Å². The van der Waals surface area contributed by atoms with Crippen LogP contribution in [0.1, 0.15) is 32.0 Å². The normalized spacial score (nSPS) is 11.3. The molecule has 1 heterocycles. The maximum absolute atomic E-state index is 13.1. The molecule has 40 heavy (non-hydrogen) atoms. The molecular weight excluding hydrogens is 532 g/mol. The van der Waals surface area contributed by atoms with Gasteiger partial charge in [-0.25, -0.2) is 10.2 Å². The predicted octanol–water partition coefficient (Wildman–Crippen LogP) is 5.29. The summed E-state index contributed by atoms with van der Waals surface area (Å²) in [7, 11) is 3.83. The summed E-state index contributed by atoms with van der Waals surface area (Å²) in [6.45, 7) is 0. The van der Waals surface area contributed by atoms with E-state index in [0.717, 1.165) is 5.69 Å². The number of halogens is 1. The van der Waals surface area contributed by atoms with Gasteiger partial charge in [-0.2, -0.15) is 5.10 Å². The van der Waals surface area contributed by atoms with Gasteiger partial charge in [0.05, 0.1) is 22.4 Å². The van der Waals surface area contributed by atoms with E-state index >= 15 is 0 Å². The summed E-state index contributed by atoms with van der Waals surface area (Å²) in [6, 6.07) is 23.5. The smallest absolute Gasteiger partial charge is 0.335 e. The van der Waals surface area contributed by atoms with Crippen molar-refractivity contribution in [2.75, 3.05) is 19.0 Å². The Morgan fingerprint density at radius 1 is 0.950 bits per heavy atom. The Kier molecular flexibility index (Phi) is 8.78. The average Bonchev–Trinajstić information content (AvgIpc) is 3.42. The molecule has 0 radical (unpaired) electrons. The molecule has 0 aliphatic carbocycles. The van der Waals surface area contributed by atoms with Crippen molar-refractivity contribution in [3.8, 4) is 11.3 Å². The van der Waals surface area contributed by atoms with E-state index in [4.69, 9.17) is 16.0 Å². The van der Waals surface area contributed by atoms with Crippen LogP contribution in [0.5, 0.6) is 0 Å². The fourth-order valence-corrected chi connectivity index (χ4v) is 3.85. The summed E-state index contributed by atoms with van der Waals surface area (Å²) in [6.07, 6.45) is 2.82. The Bertz CT molecular complexity index is 1610. The number of nitrogens with zero attached hydrogens (tertiary/aromatic N) is 2. The standard InChI is InChI=1S/C30H25ClN4O5/c1-35(2)22-12-10-19(11-13-22)16-26(33-28(36)24-8-3-4-9-25(24)31)29(37)34-32-18-23-14-15-27(40-23)20-6-5-7-21(17-20)30(38)39/h3-18H,1-2H3,(H,33,36)(H,34,37)(H,38,39). The summed E-state index contributed by atoms with van der Waals surface area (Å²) in [5.41, 5.74) is 4.92. The highest BCUT2D eigenvalue weighted by Gasteiger charge is 2.16. The first-order chi connectivity index (χ1) is 19.2. The zero-order chi connectivity index (χ0) is 28.6. The quantitative estimate of drug-likeness (QED) is 0.146. The number of rotatable bonds is 9. The zero-order valence-corrected chi connectivity index (χ0v) is 22.3. The molecule has 1 aromatic heterocycles. The fraction of sp³-hybridized carbons (Fsp3) is 0.0667. The van der Waals surface area contributed by atoms with Crippen LogP contribution in [-0.2, 0) is 4.79 Å². The minimum absolute atomic E-state index is 0.0507. The van der Waals surface area contributed by atoms with Crippen LogP contribution in [0, 0.1) is 0 Å². The van der Waals surface area contributed by atoms with Crippen molar-refractivity contribution in [2.45, 2.75) is 0 Å². The maximum Gasteiger partial charge on any atom is 0.335 e. The highest BCUT2D eigenvalue weighted by Crippen LogP contribution is 2.23. The summed E-state index contributed by atoms with van der Waals surface area (Å²) in [5, 5.41) is 16.0. The Morgan fingerprint density at radius 3 is 2.40 bits per heavy atom. The number of aromatic carboxylic acids is 1. The predicted molar refractivity (Wildman–Crippen MR) is 155 cm³/mol. The van der Waals surface area contributed by atoms with Crippen molar-refractivity contribution in [3.05, 3.63) is 118 Å². The van der Waals surface area contributed by atoms with Crippen LogP contribution >= 0.6 is 11.6 Å². The number of carbonyl (C=O) groups is 3. The van der Waals surface area contributed by atoms with Crippen molar-refractivity contribution in [3.63, 3.8) is 0 Å². The van der Waals surface area contributed by atoms with Gasteiger partial charge in [0.2, 0.25) is 0 Å². The molecule has 0 saturated carbocycles. The van der Waals surface area contributed by atoms with E-state index in [1.807, 2.05) is 43.3 Å². The molecule has 0 unspecified atom stereocenters. The second-order valence-electron chi connectivity index (χ2n) is 8.77. The molecule has 0 saturated heterocycles. The summed E-state index contributed by atoms with van der Waals surface area (Å²) < 4.78 is 5.71. The number of furan rings is 1. The van der Waals surface area contributed by atoms with E-state index in [0.29, 0.717) is 22.6 Å². The minimum atomic E-state index is -1.04. The number of benzene rings is 3. The zero-order valence-electron chi connectivity index (χ0n) is 21.6. The highest BCUT2D eigenvalue weighted by atomic mass is 35.5. The third kappa shape index (κ3) is 7.03. The SMILES string of the molecule is CN(C)c1ccc(C=C(NC(=O)c2ccccc2Cl)C(=O)NN=Cc2ccc(-c3cccc(C(=O)O)c3)o2)cc1. The number of amides is 2. The van der Waals surface area contributed by atoms with Gasteiger partial charge in [-0.1, -0.05) is 48.0 Å². The number of anilines is 1. The van der Waals surface area contributed by atoms with Crippen LogP contribution in [0.15, 0.2) is 100 Å². The Hall–Kier alpha value is -5.15. The van der Waals surface area contributed by atoms with Gasteiger partial charge in [0, 0.05) is 25.3 Å². The lowest BCUT2D eigenvalue weighted by Gasteiger charge is -2.13. The molecule has 3 N–H and O–H groups in total. The molecular formula is C30H25ClN4O5. The molecule has 2 amide bonds.